The number of rotatable bonds is 5. The van der Waals surface area contributed by atoms with Crippen LogP contribution in [0.5, 0.6) is 0 Å². The first-order valence-electron chi connectivity index (χ1n) is 8.26. The van der Waals surface area contributed by atoms with Crippen molar-refractivity contribution in [3.8, 4) is 0 Å². The van der Waals surface area contributed by atoms with Gasteiger partial charge in [-0.15, -0.1) is 0 Å². The number of benzene rings is 1. The van der Waals surface area contributed by atoms with Crippen LogP contribution in [0.2, 0.25) is 0 Å². The molecule has 7 nitrogen and oxygen atoms in total. The summed E-state index contributed by atoms with van der Waals surface area (Å²) in [6.45, 7) is 3.72. The Hall–Kier alpha value is -2.58. The van der Waals surface area contributed by atoms with Gasteiger partial charge >= 0.3 is 0 Å². The van der Waals surface area contributed by atoms with Crippen molar-refractivity contribution in [2.45, 2.75) is 6.04 Å². The normalized spacial score (nSPS) is 16.8. The molecular formula is C17H19FN6O. The Morgan fingerprint density at radius 2 is 1.96 bits per heavy atom. The molecule has 1 aliphatic rings. The minimum absolute atomic E-state index is 0.0948. The second-order valence-corrected chi connectivity index (χ2v) is 5.92. The van der Waals surface area contributed by atoms with Gasteiger partial charge in [-0.2, -0.15) is 0 Å². The lowest BCUT2D eigenvalue weighted by molar-refractivity contribution is 0.0187. The average molecular weight is 342 g/mol. The topological polar surface area (TPSA) is 79.0 Å². The van der Waals surface area contributed by atoms with E-state index in [4.69, 9.17) is 4.74 Å². The molecule has 0 radical (unpaired) electrons. The molecule has 3 heterocycles. The molecule has 8 heteroatoms. The van der Waals surface area contributed by atoms with Gasteiger partial charge in [-0.3, -0.25) is 4.90 Å². The Morgan fingerprint density at radius 3 is 2.76 bits per heavy atom. The van der Waals surface area contributed by atoms with E-state index >= 15 is 0 Å². The smallest absolute Gasteiger partial charge is 0.182 e. The molecule has 3 aromatic rings. The minimum atomic E-state index is -0.229. The first-order chi connectivity index (χ1) is 12.3. The molecule has 0 saturated carbocycles. The van der Waals surface area contributed by atoms with E-state index in [1.54, 1.807) is 6.33 Å². The number of halogens is 1. The number of aromatic nitrogens is 4. The van der Waals surface area contributed by atoms with Crippen LogP contribution in [0.25, 0.3) is 11.2 Å². The van der Waals surface area contributed by atoms with Gasteiger partial charge in [-0.05, 0) is 17.7 Å². The molecule has 1 fully saturated rings. The molecule has 25 heavy (non-hydrogen) atoms. The zero-order valence-electron chi connectivity index (χ0n) is 13.7. The monoisotopic (exact) mass is 342 g/mol. The Morgan fingerprint density at radius 1 is 1.16 bits per heavy atom. The molecule has 2 N–H and O–H groups in total. The van der Waals surface area contributed by atoms with Crippen LogP contribution in [-0.2, 0) is 4.74 Å². The average Bonchev–Trinajstić information content (AvgIpc) is 3.14. The van der Waals surface area contributed by atoms with Crippen LogP contribution in [0.3, 0.4) is 0 Å². The van der Waals surface area contributed by atoms with Gasteiger partial charge in [0.15, 0.2) is 11.5 Å². The van der Waals surface area contributed by atoms with Gasteiger partial charge in [0, 0.05) is 19.6 Å². The molecule has 2 aromatic heterocycles. The van der Waals surface area contributed by atoms with Crippen LogP contribution in [-0.4, -0.2) is 57.7 Å². The summed E-state index contributed by atoms with van der Waals surface area (Å²) in [5, 5.41) is 3.39. The van der Waals surface area contributed by atoms with Gasteiger partial charge < -0.3 is 15.0 Å². The highest BCUT2D eigenvalue weighted by Gasteiger charge is 2.23. The fourth-order valence-electron chi connectivity index (χ4n) is 3.12. The minimum Gasteiger partial charge on any atom is -0.379 e. The first kappa shape index (κ1) is 15.9. The summed E-state index contributed by atoms with van der Waals surface area (Å²) in [5.74, 6) is 0.482. The van der Waals surface area contributed by atoms with E-state index in [1.165, 1.54) is 18.5 Å². The quantitative estimate of drug-likeness (QED) is 0.738. The van der Waals surface area contributed by atoms with E-state index in [0.717, 1.165) is 24.2 Å². The Kier molecular flexibility index (Phi) is 4.53. The van der Waals surface area contributed by atoms with E-state index in [0.29, 0.717) is 31.2 Å². The molecule has 1 atom stereocenters. The van der Waals surface area contributed by atoms with Crippen molar-refractivity contribution in [2.75, 3.05) is 38.2 Å². The van der Waals surface area contributed by atoms with Gasteiger partial charge in [0.1, 0.15) is 17.7 Å². The number of fused-ring (bicyclic) bond motifs is 1. The van der Waals surface area contributed by atoms with Crippen LogP contribution >= 0.6 is 0 Å². The molecule has 0 spiro atoms. The third-order valence-corrected chi connectivity index (χ3v) is 4.43. The lowest BCUT2D eigenvalue weighted by Gasteiger charge is -2.35. The summed E-state index contributed by atoms with van der Waals surface area (Å²) in [5.41, 5.74) is 2.47. The van der Waals surface area contributed by atoms with Crippen molar-refractivity contribution >= 4 is 17.0 Å². The molecule has 1 unspecified atom stereocenters. The zero-order valence-corrected chi connectivity index (χ0v) is 13.7. The Labute approximate surface area is 144 Å². The van der Waals surface area contributed by atoms with Crippen molar-refractivity contribution in [3.05, 3.63) is 48.3 Å². The fourth-order valence-corrected chi connectivity index (χ4v) is 3.12. The maximum absolute atomic E-state index is 13.3. The highest BCUT2D eigenvalue weighted by Crippen LogP contribution is 2.24. The van der Waals surface area contributed by atoms with Crippen LogP contribution in [0, 0.1) is 5.82 Å². The molecule has 130 valence electrons. The van der Waals surface area contributed by atoms with Crippen molar-refractivity contribution in [1.29, 1.82) is 0 Å². The Balaban J connectivity index is 1.57. The van der Waals surface area contributed by atoms with Gasteiger partial charge in [0.25, 0.3) is 0 Å². The molecule has 4 rings (SSSR count). The molecule has 1 saturated heterocycles. The van der Waals surface area contributed by atoms with Crippen LogP contribution in [0.1, 0.15) is 11.6 Å². The van der Waals surface area contributed by atoms with E-state index in [-0.39, 0.29) is 11.9 Å². The number of ether oxygens (including phenoxy) is 1. The third-order valence-electron chi connectivity index (χ3n) is 4.43. The predicted octanol–water partition coefficient (Wildman–Crippen LogP) is 1.98. The second kappa shape index (κ2) is 7.12. The maximum Gasteiger partial charge on any atom is 0.182 e. The number of imidazole rings is 1. The van der Waals surface area contributed by atoms with Gasteiger partial charge in [0.2, 0.25) is 0 Å². The number of anilines is 1. The zero-order chi connectivity index (χ0) is 17.1. The van der Waals surface area contributed by atoms with Crippen molar-refractivity contribution in [3.63, 3.8) is 0 Å². The lowest BCUT2D eigenvalue weighted by Crippen LogP contribution is -2.41. The van der Waals surface area contributed by atoms with E-state index in [9.17, 15) is 4.39 Å². The SMILES string of the molecule is Fc1ccc(C(CNc2ncnc3nc[nH]c23)N2CCOCC2)cc1. The first-order valence-corrected chi connectivity index (χ1v) is 8.26. The van der Waals surface area contributed by atoms with Crippen LogP contribution in [0.4, 0.5) is 10.2 Å². The van der Waals surface area contributed by atoms with Gasteiger partial charge in [-0.25, -0.2) is 19.3 Å². The summed E-state index contributed by atoms with van der Waals surface area (Å²) in [4.78, 5) is 18.0. The molecule has 0 aliphatic carbocycles. The molecule has 0 bridgehead atoms. The highest BCUT2D eigenvalue weighted by molar-refractivity contribution is 5.81. The second-order valence-electron chi connectivity index (χ2n) is 5.92. The number of nitrogens with one attached hydrogen (secondary N) is 2. The largest absolute Gasteiger partial charge is 0.379 e. The summed E-state index contributed by atoms with van der Waals surface area (Å²) >= 11 is 0. The fraction of sp³-hybridized carbons (Fsp3) is 0.353. The molecular weight excluding hydrogens is 323 g/mol. The molecule has 1 aromatic carbocycles. The van der Waals surface area contributed by atoms with Crippen molar-refractivity contribution < 1.29 is 9.13 Å². The molecule has 0 amide bonds. The lowest BCUT2D eigenvalue weighted by atomic mass is 10.0. The summed E-state index contributed by atoms with van der Waals surface area (Å²) in [6.07, 6.45) is 3.09. The van der Waals surface area contributed by atoms with Crippen molar-refractivity contribution in [2.24, 2.45) is 0 Å². The summed E-state index contributed by atoms with van der Waals surface area (Å²) in [7, 11) is 0. The highest BCUT2D eigenvalue weighted by atomic mass is 19.1. The van der Waals surface area contributed by atoms with Crippen LogP contribution < -0.4 is 5.32 Å². The predicted molar refractivity (Wildman–Crippen MR) is 91.7 cm³/mol. The standard InChI is InChI=1S/C17H19FN6O/c18-13-3-1-12(2-4-13)14(24-5-7-25-8-6-24)9-19-16-15-17(21-10-20-15)23-11-22-16/h1-4,10-11,14H,5-9H2,(H2,19,20,21,22,23). The van der Waals surface area contributed by atoms with E-state index in [1.807, 2.05) is 12.1 Å². The maximum atomic E-state index is 13.3. The number of aromatic amines is 1. The van der Waals surface area contributed by atoms with Crippen molar-refractivity contribution in [1.82, 2.24) is 24.8 Å². The molecule has 1 aliphatic heterocycles. The van der Waals surface area contributed by atoms with Gasteiger partial charge in [-0.1, -0.05) is 12.1 Å². The Bertz CT molecular complexity index is 831. The summed E-state index contributed by atoms with van der Waals surface area (Å²) < 4.78 is 18.8. The van der Waals surface area contributed by atoms with E-state index in [2.05, 4.69) is 30.2 Å². The number of hydrogen-bond acceptors (Lipinski definition) is 6. The number of morpholine rings is 1. The summed E-state index contributed by atoms with van der Waals surface area (Å²) in [6, 6.07) is 6.77. The number of hydrogen-bond donors (Lipinski definition) is 2. The third kappa shape index (κ3) is 3.45. The van der Waals surface area contributed by atoms with Crippen LogP contribution in [0.15, 0.2) is 36.9 Å². The number of nitrogens with zero attached hydrogens (tertiary/aromatic N) is 4. The van der Waals surface area contributed by atoms with E-state index < -0.39 is 0 Å². The number of H-pyrrole nitrogens is 1. The van der Waals surface area contributed by atoms with Gasteiger partial charge in [0.05, 0.1) is 25.6 Å².